The van der Waals surface area contributed by atoms with Crippen molar-refractivity contribution in [3.8, 4) is 11.5 Å². The average molecular weight is 416 g/mol. The van der Waals surface area contributed by atoms with Crippen LogP contribution >= 0.6 is 22.9 Å². The number of hydrogen-bond acceptors (Lipinski definition) is 6. The molecule has 2 aromatic carbocycles. The van der Waals surface area contributed by atoms with Gasteiger partial charge in [-0.05, 0) is 23.8 Å². The average Bonchev–Trinajstić information content (AvgIpc) is 3.06. The number of nitrogens with two attached hydrogens (primary N) is 1. The van der Waals surface area contributed by atoms with E-state index in [-0.39, 0.29) is 11.8 Å². The molecule has 0 saturated heterocycles. The third kappa shape index (κ3) is 3.63. The van der Waals surface area contributed by atoms with E-state index in [1.54, 1.807) is 7.11 Å². The Kier molecular flexibility index (Phi) is 5.11. The van der Waals surface area contributed by atoms with E-state index in [1.807, 2.05) is 42.5 Å². The Morgan fingerprint density at radius 1 is 1.29 bits per heavy atom. The number of fused-ring (bicyclic) bond motifs is 1. The van der Waals surface area contributed by atoms with E-state index in [4.69, 9.17) is 26.8 Å². The number of aromatic nitrogens is 1. The van der Waals surface area contributed by atoms with Gasteiger partial charge in [-0.1, -0.05) is 47.2 Å². The van der Waals surface area contributed by atoms with Gasteiger partial charge in [-0.3, -0.25) is 4.79 Å². The molecule has 1 aliphatic heterocycles. The van der Waals surface area contributed by atoms with Gasteiger partial charge in [-0.15, -0.1) is 0 Å². The van der Waals surface area contributed by atoms with Crippen molar-refractivity contribution in [3.05, 3.63) is 63.5 Å². The van der Waals surface area contributed by atoms with Gasteiger partial charge in [-0.25, -0.2) is 4.98 Å². The van der Waals surface area contributed by atoms with Gasteiger partial charge < -0.3 is 20.5 Å². The first-order valence-electron chi connectivity index (χ1n) is 8.65. The molecule has 8 heteroatoms. The number of carbonyl (C=O) groups excluding carboxylic acids is 1. The van der Waals surface area contributed by atoms with Gasteiger partial charge in [0.25, 0.3) is 0 Å². The van der Waals surface area contributed by atoms with E-state index in [0.717, 1.165) is 16.0 Å². The Hall–Kier alpha value is -2.77. The number of anilines is 2. The lowest BCUT2D eigenvalue weighted by molar-refractivity contribution is -0.116. The summed E-state index contributed by atoms with van der Waals surface area (Å²) in [6.45, 7) is 0.348. The van der Waals surface area contributed by atoms with Gasteiger partial charge in [-0.2, -0.15) is 0 Å². The van der Waals surface area contributed by atoms with E-state index in [0.29, 0.717) is 40.5 Å². The number of para-hydroxylation sites is 1. The molecule has 0 radical (unpaired) electrons. The fourth-order valence-corrected chi connectivity index (χ4v) is 4.28. The smallest absolute Gasteiger partial charge is 0.226 e. The molecule has 1 amide bonds. The van der Waals surface area contributed by atoms with Crippen molar-refractivity contribution >= 4 is 39.8 Å². The van der Waals surface area contributed by atoms with E-state index >= 15 is 0 Å². The molecular weight excluding hydrogens is 398 g/mol. The van der Waals surface area contributed by atoms with Gasteiger partial charge in [0, 0.05) is 22.9 Å². The summed E-state index contributed by atoms with van der Waals surface area (Å²) in [6, 6.07) is 13.1. The van der Waals surface area contributed by atoms with Crippen molar-refractivity contribution in [1.82, 2.24) is 4.98 Å². The molecule has 0 bridgehead atoms. The fourth-order valence-electron chi connectivity index (χ4n) is 3.25. The molecule has 3 N–H and O–H groups in total. The number of ether oxygens (including phenoxy) is 2. The standard InChI is InChI=1S/C20H18ClN3O3S/c1-26-15-4-2-3-13(17(15)27-10-11-5-7-12(21)8-6-11)14-9-16(25)23-19-18(14)28-20(22)24-19/h2-8,14H,9-10H2,1H3,(H2,22,24)(H,23,25)/t14-/m0/s1. The SMILES string of the molecule is COc1cccc([C@@H]2CC(=O)Nc3nc(N)sc32)c1OCc1ccc(Cl)cc1. The molecule has 0 unspecified atom stereocenters. The molecule has 144 valence electrons. The maximum absolute atomic E-state index is 12.2. The van der Waals surface area contributed by atoms with Gasteiger partial charge in [0.2, 0.25) is 5.91 Å². The summed E-state index contributed by atoms with van der Waals surface area (Å²) in [5.41, 5.74) is 7.72. The van der Waals surface area contributed by atoms with Gasteiger partial charge in [0.05, 0.1) is 12.0 Å². The molecule has 28 heavy (non-hydrogen) atoms. The molecular formula is C20H18ClN3O3S. The van der Waals surface area contributed by atoms with Crippen LogP contribution in [0.4, 0.5) is 10.9 Å². The van der Waals surface area contributed by atoms with E-state index in [9.17, 15) is 4.79 Å². The number of halogens is 1. The molecule has 2 heterocycles. The summed E-state index contributed by atoms with van der Waals surface area (Å²) in [7, 11) is 1.60. The Morgan fingerprint density at radius 2 is 2.07 bits per heavy atom. The number of nitrogens with one attached hydrogen (secondary N) is 1. The molecule has 0 fully saturated rings. The van der Waals surface area contributed by atoms with Crippen LogP contribution in [-0.2, 0) is 11.4 Å². The second kappa shape index (κ2) is 7.69. The largest absolute Gasteiger partial charge is 0.493 e. The van der Waals surface area contributed by atoms with Crippen LogP contribution in [0.1, 0.15) is 28.3 Å². The number of hydrogen-bond donors (Lipinski definition) is 2. The monoisotopic (exact) mass is 415 g/mol. The van der Waals surface area contributed by atoms with E-state index < -0.39 is 0 Å². The van der Waals surface area contributed by atoms with Crippen LogP contribution in [0.25, 0.3) is 0 Å². The second-order valence-electron chi connectivity index (χ2n) is 6.36. The number of thiazole rings is 1. The Bertz CT molecular complexity index is 1020. The number of methoxy groups -OCH3 is 1. The van der Waals surface area contributed by atoms with Crippen LogP contribution in [-0.4, -0.2) is 18.0 Å². The molecule has 0 spiro atoms. The van der Waals surface area contributed by atoms with Gasteiger partial charge in [0.1, 0.15) is 12.4 Å². The van der Waals surface area contributed by atoms with E-state index in [1.165, 1.54) is 11.3 Å². The van der Waals surface area contributed by atoms with Crippen molar-refractivity contribution in [2.75, 3.05) is 18.2 Å². The molecule has 4 rings (SSSR count). The first-order valence-corrected chi connectivity index (χ1v) is 9.84. The molecule has 0 saturated carbocycles. The summed E-state index contributed by atoms with van der Waals surface area (Å²) >= 11 is 7.33. The normalized spacial score (nSPS) is 15.6. The van der Waals surface area contributed by atoms with E-state index in [2.05, 4.69) is 10.3 Å². The van der Waals surface area contributed by atoms with Crippen molar-refractivity contribution in [2.24, 2.45) is 0 Å². The predicted molar refractivity (Wildman–Crippen MR) is 110 cm³/mol. The summed E-state index contributed by atoms with van der Waals surface area (Å²) in [4.78, 5) is 17.4. The number of rotatable bonds is 5. The maximum Gasteiger partial charge on any atom is 0.226 e. The maximum atomic E-state index is 12.2. The highest BCUT2D eigenvalue weighted by molar-refractivity contribution is 7.16. The minimum Gasteiger partial charge on any atom is -0.493 e. The fraction of sp³-hybridized carbons (Fsp3) is 0.200. The summed E-state index contributed by atoms with van der Waals surface area (Å²) < 4.78 is 11.7. The molecule has 1 aromatic heterocycles. The molecule has 1 atom stereocenters. The van der Waals surface area contributed by atoms with Crippen LogP contribution in [0.3, 0.4) is 0 Å². The predicted octanol–water partition coefficient (Wildman–Crippen LogP) is 4.44. The lowest BCUT2D eigenvalue weighted by atomic mass is 9.90. The van der Waals surface area contributed by atoms with Crippen molar-refractivity contribution < 1.29 is 14.3 Å². The van der Waals surface area contributed by atoms with Crippen LogP contribution in [0, 0.1) is 0 Å². The summed E-state index contributed by atoms with van der Waals surface area (Å²) in [5, 5.41) is 3.88. The zero-order valence-electron chi connectivity index (χ0n) is 15.1. The van der Waals surface area contributed by atoms with Crippen LogP contribution in [0.2, 0.25) is 5.02 Å². The summed E-state index contributed by atoms with van der Waals surface area (Å²) in [5.74, 6) is 1.44. The van der Waals surface area contributed by atoms with Crippen LogP contribution in [0.5, 0.6) is 11.5 Å². The van der Waals surface area contributed by atoms with Crippen molar-refractivity contribution in [3.63, 3.8) is 0 Å². The number of carbonyl (C=O) groups is 1. The van der Waals surface area contributed by atoms with Crippen molar-refractivity contribution in [2.45, 2.75) is 18.9 Å². The number of benzene rings is 2. The van der Waals surface area contributed by atoms with Crippen LogP contribution in [0.15, 0.2) is 42.5 Å². The third-order valence-electron chi connectivity index (χ3n) is 4.53. The summed E-state index contributed by atoms with van der Waals surface area (Å²) in [6.07, 6.45) is 0.291. The molecule has 6 nitrogen and oxygen atoms in total. The lowest BCUT2D eigenvalue weighted by Gasteiger charge is -2.24. The molecule has 0 aliphatic carbocycles. The topological polar surface area (TPSA) is 86.5 Å². The number of nitrogen functional groups attached to an aromatic ring is 1. The number of nitrogens with zero attached hydrogens (tertiary/aromatic N) is 1. The Morgan fingerprint density at radius 3 is 2.82 bits per heavy atom. The number of amides is 1. The molecule has 1 aliphatic rings. The highest BCUT2D eigenvalue weighted by Crippen LogP contribution is 2.46. The van der Waals surface area contributed by atoms with Crippen LogP contribution < -0.4 is 20.5 Å². The highest BCUT2D eigenvalue weighted by atomic mass is 35.5. The second-order valence-corrected chi connectivity index (χ2v) is 7.86. The first-order chi connectivity index (χ1) is 13.5. The quantitative estimate of drug-likeness (QED) is 0.643. The minimum absolute atomic E-state index is 0.103. The Labute approximate surface area is 171 Å². The lowest BCUT2D eigenvalue weighted by Crippen LogP contribution is -2.23. The molecule has 3 aromatic rings. The minimum atomic E-state index is -0.200. The van der Waals surface area contributed by atoms with Gasteiger partial charge >= 0.3 is 0 Å². The van der Waals surface area contributed by atoms with Crippen molar-refractivity contribution in [1.29, 1.82) is 0 Å². The zero-order valence-corrected chi connectivity index (χ0v) is 16.6. The Balaban J connectivity index is 1.71. The third-order valence-corrected chi connectivity index (χ3v) is 5.79. The zero-order chi connectivity index (χ0) is 19.7. The highest BCUT2D eigenvalue weighted by Gasteiger charge is 2.32. The van der Waals surface area contributed by atoms with Gasteiger partial charge in [0.15, 0.2) is 16.6 Å². The first kappa shape index (κ1) is 18.6.